The fourth-order valence-electron chi connectivity index (χ4n) is 4.89. The number of carbonyl (C=O) groups is 1. The molecule has 2 aromatic carbocycles. The summed E-state index contributed by atoms with van der Waals surface area (Å²) in [5.74, 6) is -0.0811. The number of hydrogen-bond donors (Lipinski definition) is 1. The number of likely N-dealkylation sites (tertiary alicyclic amines) is 1. The molecule has 0 radical (unpaired) electrons. The molecule has 0 unspecified atom stereocenters. The zero-order valence-electron chi connectivity index (χ0n) is 20.8. The minimum absolute atomic E-state index is 0.0811. The Morgan fingerprint density at radius 2 is 1.37 bits per heavy atom. The van der Waals surface area contributed by atoms with Gasteiger partial charge in [0.2, 0.25) is 10.0 Å². The summed E-state index contributed by atoms with van der Waals surface area (Å²) in [6.45, 7) is 6.99. The van der Waals surface area contributed by atoms with Gasteiger partial charge in [0.05, 0.1) is 6.26 Å². The van der Waals surface area contributed by atoms with Gasteiger partial charge < -0.3 is 5.32 Å². The first-order chi connectivity index (χ1) is 16.9. The monoisotopic (exact) mass is 498 g/mol. The van der Waals surface area contributed by atoms with Crippen LogP contribution in [0.3, 0.4) is 0 Å². The number of amides is 1. The SMILES string of the molecule is CS(=O)(=O)N1CCN(Cc2cccc(C(=O)NCc3ccc(CN4CCCCCC4)cc3)c2)CC1. The molecule has 35 heavy (non-hydrogen) atoms. The molecule has 4 rings (SSSR count). The van der Waals surface area contributed by atoms with Crippen LogP contribution in [0, 0.1) is 0 Å². The Hall–Kier alpha value is -2.26. The van der Waals surface area contributed by atoms with Crippen LogP contribution in [0.15, 0.2) is 48.5 Å². The van der Waals surface area contributed by atoms with Crippen LogP contribution in [0.1, 0.15) is 52.7 Å². The van der Waals surface area contributed by atoms with E-state index >= 15 is 0 Å². The molecule has 1 N–H and O–H groups in total. The molecule has 1 amide bonds. The van der Waals surface area contributed by atoms with Crippen LogP contribution in [-0.4, -0.2) is 74.0 Å². The van der Waals surface area contributed by atoms with Crippen molar-refractivity contribution in [1.29, 1.82) is 0 Å². The van der Waals surface area contributed by atoms with Gasteiger partial charge in [-0.3, -0.25) is 14.6 Å². The van der Waals surface area contributed by atoms with Crippen molar-refractivity contribution in [3.8, 4) is 0 Å². The molecule has 0 bridgehead atoms. The van der Waals surface area contributed by atoms with Crippen molar-refractivity contribution in [2.45, 2.75) is 45.3 Å². The molecular formula is C27H38N4O3S. The molecule has 190 valence electrons. The van der Waals surface area contributed by atoms with E-state index in [1.807, 2.05) is 24.3 Å². The molecule has 0 atom stereocenters. The Morgan fingerprint density at radius 3 is 2.03 bits per heavy atom. The third kappa shape index (κ3) is 7.87. The van der Waals surface area contributed by atoms with Crippen molar-refractivity contribution >= 4 is 15.9 Å². The van der Waals surface area contributed by atoms with E-state index in [1.54, 1.807) is 0 Å². The molecule has 8 heteroatoms. The Kier molecular flexibility index (Phi) is 8.94. The van der Waals surface area contributed by atoms with Gasteiger partial charge in [0, 0.05) is 51.4 Å². The molecule has 7 nitrogen and oxygen atoms in total. The summed E-state index contributed by atoms with van der Waals surface area (Å²) >= 11 is 0. The van der Waals surface area contributed by atoms with Gasteiger partial charge in [0.15, 0.2) is 0 Å². The highest BCUT2D eigenvalue weighted by Gasteiger charge is 2.23. The van der Waals surface area contributed by atoms with Crippen LogP contribution in [0.4, 0.5) is 0 Å². The predicted octanol–water partition coefficient (Wildman–Crippen LogP) is 3.07. The van der Waals surface area contributed by atoms with Crippen LogP contribution in [0.2, 0.25) is 0 Å². The highest BCUT2D eigenvalue weighted by atomic mass is 32.2. The van der Waals surface area contributed by atoms with Crippen molar-refractivity contribution in [2.75, 3.05) is 45.5 Å². The van der Waals surface area contributed by atoms with E-state index in [0.29, 0.717) is 44.8 Å². The highest BCUT2D eigenvalue weighted by Crippen LogP contribution is 2.15. The molecular weight excluding hydrogens is 460 g/mol. The van der Waals surface area contributed by atoms with E-state index in [0.717, 1.165) is 17.7 Å². The zero-order chi connectivity index (χ0) is 24.7. The lowest BCUT2D eigenvalue weighted by Crippen LogP contribution is -2.47. The second-order valence-corrected chi connectivity index (χ2v) is 11.8. The van der Waals surface area contributed by atoms with Gasteiger partial charge >= 0.3 is 0 Å². The number of piperazine rings is 1. The number of benzene rings is 2. The number of carbonyl (C=O) groups excluding carboxylic acids is 1. The topological polar surface area (TPSA) is 73.0 Å². The molecule has 2 aliphatic rings. The molecule has 2 heterocycles. The standard InChI is InChI=1S/C27H38N4O3S/c1-35(33,34)31-17-15-30(16-18-31)22-25-7-6-8-26(19-25)27(32)28-20-23-9-11-24(12-10-23)21-29-13-4-2-3-5-14-29/h6-12,19H,2-5,13-18,20-22H2,1H3,(H,28,32). The van der Waals surface area contributed by atoms with Crippen LogP contribution in [0.25, 0.3) is 0 Å². The Balaban J connectivity index is 1.25. The maximum Gasteiger partial charge on any atom is 0.251 e. The predicted molar refractivity (Wildman–Crippen MR) is 139 cm³/mol. The summed E-state index contributed by atoms with van der Waals surface area (Å²) < 4.78 is 24.9. The fourth-order valence-corrected chi connectivity index (χ4v) is 5.71. The maximum atomic E-state index is 12.8. The second-order valence-electron chi connectivity index (χ2n) is 9.83. The molecule has 2 saturated heterocycles. The van der Waals surface area contributed by atoms with Crippen molar-refractivity contribution in [2.24, 2.45) is 0 Å². The van der Waals surface area contributed by atoms with E-state index < -0.39 is 10.0 Å². The molecule has 2 fully saturated rings. The van der Waals surface area contributed by atoms with Crippen LogP contribution >= 0.6 is 0 Å². The van der Waals surface area contributed by atoms with E-state index in [4.69, 9.17) is 0 Å². The lowest BCUT2D eigenvalue weighted by atomic mass is 10.1. The first-order valence-corrected chi connectivity index (χ1v) is 14.6. The third-order valence-electron chi connectivity index (χ3n) is 6.98. The Bertz CT molecular complexity index is 1070. The maximum absolute atomic E-state index is 12.8. The Labute approximate surface area is 210 Å². The number of rotatable bonds is 8. The second kappa shape index (κ2) is 12.1. The smallest absolute Gasteiger partial charge is 0.251 e. The van der Waals surface area contributed by atoms with Crippen molar-refractivity contribution < 1.29 is 13.2 Å². The van der Waals surface area contributed by atoms with Crippen molar-refractivity contribution in [3.05, 3.63) is 70.8 Å². The molecule has 0 aliphatic carbocycles. The van der Waals surface area contributed by atoms with Gasteiger partial charge in [-0.05, 0) is 54.8 Å². The average molecular weight is 499 g/mol. The highest BCUT2D eigenvalue weighted by molar-refractivity contribution is 7.88. The van der Waals surface area contributed by atoms with Gasteiger partial charge in [-0.2, -0.15) is 4.31 Å². The zero-order valence-corrected chi connectivity index (χ0v) is 21.6. The fraction of sp³-hybridized carbons (Fsp3) is 0.519. The first-order valence-electron chi connectivity index (χ1n) is 12.7. The molecule has 2 aromatic rings. The minimum Gasteiger partial charge on any atom is -0.348 e. The van der Waals surface area contributed by atoms with Gasteiger partial charge in [-0.15, -0.1) is 0 Å². The summed E-state index contributed by atoms with van der Waals surface area (Å²) in [6, 6.07) is 16.3. The lowest BCUT2D eigenvalue weighted by Gasteiger charge is -2.33. The quantitative estimate of drug-likeness (QED) is 0.606. The van der Waals surface area contributed by atoms with Crippen molar-refractivity contribution in [1.82, 2.24) is 19.4 Å². The summed E-state index contributed by atoms with van der Waals surface area (Å²) in [7, 11) is -3.13. The number of nitrogens with zero attached hydrogens (tertiary/aromatic N) is 3. The summed E-state index contributed by atoms with van der Waals surface area (Å²) in [5, 5.41) is 3.04. The molecule has 2 aliphatic heterocycles. The van der Waals surface area contributed by atoms with E-state index in [9.17, 15) is 13.2 Å². The normalized spacial score (nSPS) is 18.8. The van der Waals surface area contributed by atoms with Crippen LogP contribution in [-0.2, 0) is 29.7 Å². The van der Waals surface area contributed by atoms with Crippen LogP contribution in [0.5, 0.6) is 0 Å². The number of nitrogens with one attached hydrogen (secondary N) is 1. The number of sulfonamides is 1. The molecule has 0 spiro atoms. The van der Waals surface area contributed by atoms with E-state index in [1.165, 1.54) is 54.9 Å². The largest absolute Gasteiger partial charge is 0.348 e. The summed E-state index contributed by atoms with van der Waals surface area (Å²) in [4.78, 5) is 17.5. The van der Waals surface area contributed by atoms with Crippen molar-refractivity contribution in [3.63, 3.8) is 0 Å². The number of hydrogen-bond acceptors (Lipinski definition) is 5. The lowest BCUT2D eigenvalue weighted by molar-refractivity contribution is 0.0950. The van der Waals surface area contributed by atoms with Crippen LogP contribution < -0.4 is 5.32 Å². The van der Waals surface area contributed by atoms with E-state index in [2.05, 4.69) is 39.4 Å². The minimum atomic E-state index is -3.13. The first kappa shape index (κ1) is 25.8. The van der Waals surface area contributed by atoms with Gasteiger partial charge in [-0.1, -0.05) is 49.2 Å². The molecule has 0 saturated carbocycles. The van der Waals surface area contributed by atoms with Gasteiger partial charge in [0.25, 0.3) is 5.91 Å². The third-order valence-corrected chi connectivity index (χ3v) is 8.28. The summed E-state index contributed by atoms with van der Waals surface area (Å²) in [5.41, 5.74) is 4.13. The summed E-state index contributed by atoms with van der Waals surface area (Å²) in [6.07, 6.45) is 6.55. The molecule has 0 aromatic heterocycles. The Morgan fingerprint density at radius 1 is 0.771 bits per heavy atom. The van der Waals surface area contributed by atoms with Gasteiger partial charge in [-0.25, -0.2) is 8.42 Å². The van der Waals surface area contributed by atoms with Gasteiger partial charge in [0.1, 0.15) is 0 Å². The van der Waals surface area contributed by atoms with E-state index in [-0.39, 0.29) is 5.91 Å². The average Bonchev–Trinajstić information content (AvgIpc) is 3.12.